The van der Waals surface area contributed by atoms with Gasteiger partial charge in [-0.3, -0.25) is 4.79 Å². The van der Waals surface area contributed by atoms with Gasteiger partial charge in [-0.1, -0.05) is 13.2 Å². The Morgan fingerprint density at radius 3 is 2.50 bits per heavy atom. The summed E-state index contributed by atoms with van der Waals surface area (Å²) in [5.74, 6) is -2.38. The Kier molecular flexibility index (Phi) is 5.61. The molecule has 1 aromatic rings. The van der Waals surface area contributed by atoms with Crippen LogP contribution >= 0.6 is 11.3 Å². The number of aromatic nitrogens is 1. The molecule has 9 heteroatoms. The Balaban J connectivity index is 2.87. The number of rotatable bonds is 5. The van der Waals surface area contributed by atoms with E-state index in [4.69, 9.17) is 5.73 Å². The van der Waals surface area contributed by atoms with Gasteiger partial charge in [0.05, 0.1) is 17.8 Å². The van der Waals surface area contributed by atoms with E-state index < -0.39 is 29.2 Å². The first-order valence-corrected chi connectivity index (χ1v) is 6.69. The lowest BCUT2D eigenvalue weighted by Crippen LogP contribution is -2.22. The molecule has 120 valence electrons. The SMILES string of the molecule is C=C(/C=C(\C(=C)F)C(F)(F)F)NC(=O)c1cnc(C(C)N)s1. The molecule has 1 amide bonds. The minimum atomic E-state index is -4.94. The van der Waals surface area contributed by atoms with Crippen molar-refractivity contribution in [3.63, 3.8) is 0 Å². The minimum Gasteiger partial charge on any atom is -0.322 e. The molecule has 0 radical (unpaired) electrons. The Morgan fingerprint density at radius 2 is 2.09 bits per heavy atom. The van der Waals surface area contributed by atoms with E-state index in [1.54, 1.807) is 6.92 Å². The van der Waals surface area contributed by atoms with Crippen molar-refractivity contribution < 1.29 is 22.4 Å². The van der Waals surface area contributed by atoms with E-state index in [2.05, 4.69) is 23.5 Å². The Hall–Kier alpha value is -2.00. The van der Waals surface area contributed by atoms with E-state index in [9.17, 15) is 22.4 Å². The Bertz CT molecular complexity index is 631. The van der Waals surface area contributed by atoms with Crippen LogP contribution in [0.5, 0.6) is 0 Å². The second-order valence-electron chi connectivity index (χ2n) is 4.29. The number of amides is 1. The highest BCUT2D eigenvalue weighted by atomic mass is 32.1. The second-order valence-corrected chi connectivity index (χ2v) is 5.35. The number of allylic oxidation sites excluding steroid dienone is 3. The predicted molar refractivity (Wildman–Crippen MR) is 75.7 cm³/mol. The molecule has 0 aromatic carbocycles. The standard InChI is InChI=1S/C13H13F4N3OS/c1-6(4-9(7(2)14)13(15,16)17)20-11(21)10-5-19-12(22-10)8(3)18/h4-5,8H,1-2,18H2,3H3,(H,20,21)/b9-4+. The Labute approximate surface area is 128 Å². The fourth-order valence-corrected chi connectivity index (χ4v) is 2.10. The minimum absolute atomic E-state index is 0.148. The van der Waals surface area contributed by atoms with Crippen LogP contribution in [0, 0.1) is 0 Å². The molecule has 1 unspecified atom stereocenters. The first-order valence-electron chi connectivity index (χ1n) is 5.87. The van der Waals surface area contributed by atoms with Gasteiger partial charge in [0.25, 0.3) is 5.91 Å². The van der Waals surface area contributed by atoms with Gasteiger partial charge < -0.3 is 11.1 Å². The largest absolute Gasteiger partial charge is 0.419 e. The van der Waals surface area contributed by atoms with Gasteiger partial charge in [-0.25, -0.2) is 9.37 Å². The molecule has 0 saturated heterocycles. The van der Waals surface area contributed by atoms with E-state index in [0.29, 0.717) is 11.1 Å². The van der Waals surface area contributed by atoms with Crippen LogP contribution in [0.4, 0.5) is 17.6 Å². The highest BCUT2D eigenvalue weighted by molar-refractivity contribution is 7.13. The van der Waals surface area contributed by atoms with Crippen molar-refractivity contribution in [3.8, 4) is 0 Å². The van der Waals surface area contributed by atoms with E-state index in [0.717, 1.165) is 11.3 Å². The van der Waals surface area contributed by atoms with E-state index in [1.807, 2.05) is 0 Å². The maximum Gasteiger partial charge on any atom is 0.419 e. The third kappa shape index (κ3) is 4.78. The number of halogens is 4. The molecule has 1 rings (SSSR count). The van der Waals surface area contributed by atoms with Crippen LogP contribution in [0.25, 0.3) is 0 Å². The number of alkyl halides is 3. The first-order chi connectivity index (χ1) is 10.0. The maximum absolute atomic E-state index is 12.8. The lowest BCUT2D eigenvalue weighted by atomic mass is 10.2. The molecule has 1 atom stereocenters. The zero-order valence-corrected chi connectivity index (χ0v) is 12.3. The molecule has 0 aliphatic rings. The lowest BCUT2D eigenvalue weighted by Gasteiger charge is -2.10. The number of thiazole rings is 1. The molecule has 0 bridgehead atoms. The molecule has 1 aromatic heterocycles. The molecule has 3 N–H and O–H groups in total. The summed E-state index contributed by atoms with van der Waals surface area (Å²) in [7, 11) is 0. The molecule has 0 aliphatic carbocycles. The van der Waals surface area contributed by atoms with Crippen LogP contribution in [0.1, 0.15) is 27.6 Å². The van der Waals surface area contributed by atoms with Gasteiger partial charge >= 0.3 is 6.18 Å². The van der Waals surface area contributed by atoms with E-state index in [-0.39, 0.29) is 10.9 Å². The summed E-state index contributed by atoms with van der Waals surface area (Å²) in [6.07, 6.45) is -3.33. The number of nitrogens with zero attached hydrogens (tertiary/aromatic N) is 1. The molecule has 22 heavy (non-hydrogen) atoms. The molecule has 0 spiro atoms. The number of carbonyl (C=O) groups is 1. The van der Waals surface area contributed by atoms with Gasteiger partial charge in [0.1, 0.15) is 15.7 Å². The summed E-state index contributed by atoms with van der Waals surface area (Å²) in [6.45, 7) is 7.52. The smallest absolute Gasteiger partial charge is 0.322 e. The monoisotopic (exact) mass is 335 g/mol. The summed E-state index contributed by atoms with van der Waals surface area (Å²) < 4.78 is 50.4. The summed E-state index contributed by atoms with van der Waals surface area (Å²) in [5.41, 5.74) is 3.55. The van der Waals surface area contributed by atoms with E-state index >= 15 is 0 Å². The fraction of sp³-hybridized carbons (Fsp3) is 0.231. The number of nitrogens with one attached hydrogen (secondary N) is 1. The summed E-state index contributed by atoms with van der Waals surface area (Å²) >= 11 is 0.998. The number of hydrogen-bond donors (Lipinski definition) is 2. The number of carbonyl (C=O) groups excluding carboxylic acids is 1. The van der Waals surface area contributed by atoms with Crippen LogP contribution in [-0.4, -0.2) is 17.1 Å². The van der Waals surface area contributed by atoms with Crippen molar-refractivity contribution in [1.29, 1.82) is 0 Å². The van der Waals surface area contributed by atoms with Crippen LogP contribution in [-0.2, 0) is 0 Å². The highest BCUT2D eigenvalue weighted by Crippen LogP contribution is 2.31. The average Bonchev–Trinajstić information content (AvgIpc) is 2.83. The highest BCUT2D eigenvalue weighted by Gasteiger charge is 2.36. The van der Waals surface area contributed by atoms with Crippen LogP contribution in [0.3, 0.4) is 0 Å². The van der Waals surface area contributed by atoms with Gasteiger partial charge in [0.15, 0.2) is 0 Å². The molecule has 0 aliphatic heterocycles. The summed E-state index contributed by atoms with van der Waals surface area (Å²) in [4.78, 5) is 15.9. The second kappa shape index (κ2) is 6.84. The average molecular weight is 335 g/mol. The van der Waals surface area contributed by atoms with Gasteiger partial charge in [0.2, 0.25) is 0 Å². The molecular weight excluding hydrogens is 322 g/mol. The summed E-state index contributed by atoms with van der Waals surface area (Å²) in [6, 6.07) is -0.374. The van der Waals surface area contributed by atoms with Crippen molar-refractivity contribution in [3.05, 3.63) is 52.4 Å². The molecule has 4 nitrogen and oxygen atoms in total. The summed E-state index contributed by atoms with van der Waals surface area (Å²) in [5, 5.41) is 2.62. The first kappa shape index (κ1) is 18.1. The maximum atomic E-state index is 12.8. The van der Waals surface area contributed by atoms with Crippen molar-refractivity contribution in [2.45, 2.75) is 19.1 Å². The zero-order valence-electron chi connectivity index (χ0n) is 11.5. The number of nitrogens with two attached hydrogens (primary N) is 1. The van der Waals surface area contributed by atoms with Crippen molar-refractivity contribution >= 4 is 17.2 Å². The Morgan fingerprint density at radius 1 is 1.50 bits per heavy atom. The number of hydrogen-bond acceptors (Lipinski definition) is 4. The fourth-order valence-electron chi connectivity index (χ4n) is 1.33. The third-order valence-corrected chi connectivity index (χ3v) is 3.52. The lowest BCUT2D eigenvalue weighted by molar-refractivity contribution is -0.0910. The molecular formula is C13H13F4N3OS. The van der Waals surface area contributed by atoms with Crippen molar-refractivity contribution in [2.24, 2.45) is 5.73 Å². The third-order valence-electron chi connectivity index (χ3n) is 2.33. The van der Waals surface area contributed by atoms with Crippen molar-refractivity contribution in [2.75, 3.05) is 0 Å². The van der Waals surface area contributed by atoms with Crippen LogP contribution < -0.4 is 11.1 Å². The van der Waals surface area contributed by atoms with Crippen LogP contribution in [0.2, 0.25) is 0 Å². The van der Waals surface area contributed by atoms with Gasteiger partial charge in [-0.15, -0.1) is 11.3 Å². The molecule has 1 heterocycles. The van der Waals surface area contributed by atoms with Gasteiger partial charge in [0, 0.05) is 5.70 Å². The van der Waals surface area contributed by atoms with Gasteiger partial charge in [-0.2, -0.15) is 13.2 Å². The quantitative estimate of drug-likeness (QED) is 0.640. The van der Waals surface area contributed by atoms with Crippen LogP contribution in [0.15, 0.2) is 42.5 Å². The van der Waals surface area contributed by atoms with Gasteiger partial charge in [-0.05, 0) is 13.0 Å². The predicted octanol–water partition coefficient (Wildman–Crippen LogP) is 3.38. The normalized spacial score (nSPS) is 13.6. The molecule has 0 fully saturated rings. The molecule has 0 saturated carbocycles. The van der Waals surface area contributed by atoms with Crippen molar-refractivity contribution in [1.82, 2.24) is 10.3 Å². The van der Waals surface area contributed by atoms with E-state index in [1.165, 1.54) is 6.20 Å². The topological polar surface area (TPSA) is 68.0 Å². The zero-order chi connectivity index (χ0) is 17.1.